The fourth-order valence-electron chi connectivity index (χ4n) is 1.80. The average molecular weight is 244 g/mol. The molecule has 4 nitrogen and oxygen atoms in total. The molecule has 0 aliphatic heterocycles. The van der Waals surface area contributed by atoms with Crippen molar-refractivity contribution in [2.75, 3.05) is 5.32 Å². The number of aryl methyl sites for hydroxylation is 2. The van der Waals surface area contributed by atoms with Gasteiger partial charge in [-0.3, -0.25) is 0 Å². The summed E-state index contributed by atoms with van der Waals surface area (Å²) >= 11 is 0. The molecule has 2 N–H and O–H groups in total. The topological polar surface area (TPSA) is 54.3 Å². The van der Waals surface area contributed by atoms with E-state index in [0.717, 1.165) is 22.6 Å². The van der Waals surface area contributed by atoms with Crippen LogP contribution in [-0.2, 0) is 6.54 Å². The number of anilines is 1. The Labute approximate surface area is 106 Å². The summed E-state index contributed by atoms with van der Waals surface area (Å²) in [6, 6.07) is 9.29. The van der Waals surface area contributed by atoms with Crippen molar-refractivity contribution in [3.05, 3.63) is 53.5 Å². The third kappa shape index (κ3) is 3.38. The Morgan fingerprint density at radius 2 is 1.94 bits per heavy atom. The lowest BCUT2D eigenvalue weighted by atomic mass is 10.1. The zero-order valence-corrected chi connectivity index (χ0v) is 10.5. The van der Waals surface area contributed by atoms with Gasteiger partial charge in [-0.05, 0) is 49.2 Å². The summed E-state index contributed by atoms with van der Waals surface area (Å²) in [7, 11) is 0. The Bertz CT molecular complexity index is 512. The summed E-state index contributed by atoms with van der Waals surface area (Å²) in [6.45, 7) is 4.38. The van der Waals surface area contributed by atoms with E-state index >= 15 is 0 Å². The molecule has 4 heteroatoms. The molecule has 1 aromatic heterocycles. The Balaban J connectivity index is 1.90. The highest BCUT2D eigenvalue weighted by molar-refractivity contribution is 5.89. The highest BCUT2D eigenvalue weighted by Gasteiger charge is 2.03. The lowest BCUT2D eigenvalue weighted by molar-refractivity contribution is 0.251. The molecule has 0 unspecified atom stereocenters. The van der Waals surface area contributed by atoms with Crippen molar-refractivity contribution in [2.24, 2.45) is 0 Å². The van der Waals surface area contributed by atoms with Crippen LogP contribution in [0.5, 0.6) is 0 Å². The summed E-state index contributed by atoms with van der Waals surface area (Å²) in [5.41, 5.74) is 3.04. The standard InChI is InChI=1S/C14H16N2O2/c1-10-6-11(2)8-12(7-10)16-14(17)15-9-13-4-3-5-18-13/h3-8H,9H2,1-2H3,(H2,15,16,17). The van der Waals surface area contributed by atoms with Gasteiger partial charge in [0, 0.05) is 5.69 Å². The first-order valence-electron chi connectivity index (χ1n) is 5.79. The van der Waals surface area contributed by atoms with Gasteiger partial charge in [-0.1, -0.05) is 6.07 Å². The number of benzene rings is 1. The van der Waals surface area contributed by atoms with Crippen molar-refractivity contribution in [3.63, 3.8) is 0 Å². The number of nitrogens with one attached hydrogen (secondary N) is 2. The highest BCUT2D eigenvalue weighted by atomic mass is 16.3. The first-order valence-corrected chi connectivity index (χ1v) is 5.79. The van der Waals surface area contributed by atoms with Crippen molar-refractivity contribution in [1.82, 2.24) is 5.32 Å². The molecule has 0 atom stereocenters. The van der Waals surface area contributed by atoms with Crippen molar-refractivity contribution in [3.8, 4) is 0 Å². The van der Waals surface area contributed by atoms with E-state index < -0.39 is 0 Å². The molecule has 0 aliphatic rings. The number of furan rings is 1. The maximum absolute atomic E-state index is 11.7. The van der Waals surface area contributed by atoms with Gasteiger partial charge in [0.05, 0.1) is 12.8 Å². The first-order chi connectivity index (χ1) is 8.63. The summed E-state index contributed by atoms with van der Waals surface area (Å²) in [6.07, 6.45) is 1.58. The molecule has 0 fully saturated rings. The lowest BCUT2D eigenvalue weighted by Crippen LogP contribution is -2.28. The SMILES string of the molecule is Cc1cc(C)cc(NC(=O)NCc2ccco2)c1. The lowest BCUT2D eigenvalue weighted by Gasteiger charge is -2.08. The number of carbonyl (C=O) groups is 1. The van der Waals surface area contributed by atoms with Crippen LogP contribution in [0.25, 0.3) is 0 Å². The van der Waals surface area contributed by atoms with Gasteiger partial charge >= 0.3 is 6.03 Å². The number of carbonyl (C=O) groups excluding carboxylic acids is 1. The number of rotatable bonds is 3. The predicted molar refractivity (Wildman–Crippen MR) is 70.5 cm³/mol. The van der Waals surface area contributed by atoms with Crippen LogP contribution in [0.1, 0.15) is 16.9 Å². The van der Waals surface area contributed by atoms with Crippen LogP contribution in [-0.4, -0.2) is 6.03 Å². The van der Waals surface area contributed by atoms with Gasteiger partial charge in [0.2, 0.25) is 0 Å². The van der Waals surface area contributed by atoms with Crippen molar-refractivity contribution < 1.29 is 9.21 Å². The summed E-state index contributed by atoms with van der Waals surface area (Å²) < 4.78 is 5.13. The van der Waals surface area contributed by atoms with Gasteiger partial charge in [0.1, 0.15) is 5.76 Å². The molecule has 0 spiro atoms. The normalized spacial score (nSPS) is 10.1. The molecule has 94 valence electrons. The number of hydrogen-bond acceptors (Lipinski definition) is 2. The van der Waals surface area contributed by atoms with E-state index in [1.165, 1.54) is 0 Å². The minimum absolute atomic E-state index is 0.239. The van der Waals surface area contributed by atoms with E-state index in [9.17, 15) is 4.79 Å². The number of urea groups is 1. The molecule has 0 saturated carbocycles. The fraction of sp³-hybridized carbons (Fsp3) is 0.214. The largest absolute Gasteiger partial charge is 0.467 e. The molecule has 18 heavy (non-hydrogen) atoms. The van der Waals surface area contributed by atoms with Crippen molar-refractivity contribution in [2.45, 2.75) is 20.4 Å². The maximum Gasteiger partial charge on any atom is 0.319 e. The Hall–Kier alpha value is -2.23. The fourth-order valence-corrected chi connectivity index (χ4v) is 1.80. The molecule has 2 amide bonds. The second kappa shape index (κ2) is 5.40. The predicted octanol–water partition coefficient (Wildman–Crippen LogP) is 3.22. The van der Waals surface area contributed by atoms with E-state index in [1.807, 2.05) is 32.0 Å². The Morgan fingerprint density at radius 3 is 2.56 bits per heavy atom. The van der Waals surface area contributed by atoms with Crippen molar-refractivity contribution >= 4 is 11.7 Å². The van der Waals surface area contributed by atoms with Crippen LogP contribution in [0.4, 0.5) is 10.5 Å². The first kappa shape index (κ1) is 12.2. The van der Waals surface area contributed by atoms with E-state index in [0.29, 0.717) is 6.54 Å². The number of hydrogen-bond donors (Lipinski definition) is 2. The third-order valence-corrected chi connectivity index (χ3v) is 2.48. The second-order valence-electron chi connectivity index (χ2n) is 4.26. The molecule has 1 aromatic carbocycles. The maximum atomic E-state index is 11.7. The number of amides is 2. The van der Waals surface area contributed by atoms with Crippen LogP contribution in [0.15, 0.2) is 41.0 Å². The van der Waals surface area contributed by atoms with Crippen LogP contribution in [0.3, 0.4) is 0 Å². The van der Waals surface area contributed by atoms with E-state index in [1.54, 1.807) is 12.3 Å². The Morgan fingerprint density at radius 1 is 1.22 bits per heavy atom. The average Bonchev–Trinajstić information content (AvgIpc) is 2.77. The van der Waals surface area contributed by atoms with Gasteiger partial charge in [0.25, 0.3) is 0 Å². The smallest absolute Gasteiger partial charge is 0.319 e. The van der Waals surface area contributed by atoms with Crippen LogP contribution in [0, 0.1) is 13.8 Å². The molecule has 2 rings (SSSR count). The van der Waals surface area contributed by atoms with Gasteiger partial charge in [0.15, 0.2) is 0 Å². The van der Waals surface area contributed by atoms with Gasteiger partial charge in [-0.15, -0.1) is 0 Å². The summed E-state index contributed by atoms with van der Waals surface area (Å²) in [5.74, 6) is 0.727. The van der Waals surface area contributed by atoms with Crippen LogP contribution >= 0.6 is 0 Å². The highest BCUT2D eigenvalue weighted by Crippen LogP contribution is 2.13. The molecule has 0 radical (unpaired) electrons. The summed E-state index contributed by atoms with van der Waals surface area (Å²) in [4.78, 5) is 11.7. The zero-order valence-electron chi connectivity index (χ0n) is 10.5. The minimum Gasteiger partial charge on any atom is -0.467 e. The molecular formula is C14H16N2O2. The quantitative estimate of drug-likeness (QED) is 0.871. The van der Waals surface area contributed by atoms with Gasteiger partial charge in [-0.25, -0.2) is 4.79 Å². The van der Waals surface area contributed by atoms with Crippen molar-refractivity contribution in [1.29, 1.82) is 0 Å². The molecule has 1 heterocycles. The van der Waals surface area contributed by atoms with E-state index in [-0.39, 0.29) is 6.03 Å². The molecule has 0 aliphatic carbocycles. The van der Waals surface area contributed by atoms with Gasteiger partial charge in [-0.2, -0.15) is 0 Å². The van der Waals surface area contributed by atoms with E-state index in [2.05, 4.69) is 16.7 Å². The van der Waals surface area contributed by atoms with E-state index in [4.69, 9.17) is 4.42 Å². The summed E-state index contributed by atoms with van der Waals surface area (Å²) in [5, 5.41) is 5.52. The second-order valence-corrected chi connectivity index (χ2v) is 4.26. The molecule has 2 aromatic rings. The van der Waals surface area contributed by atoms with Gasteiger partial charge < -0.3 is 15.1 Å². The molecule has 0 bridgehead atoms. The monoisotopic (exact) mass is 244 g/mol. The molecule has 0 saturated heterocycles. The Kier molecular flexibility index (Phi) is 3.67. The zero-order chi connectivity index (χ0) is 13.0. The van der Waals surface area contributed by atoms with Crippen LogP contribution in [0.2, 0.25) is 0 Å². The third-order valence-electron chi connectivity index (χ3n) is 2.48. The molecular weight excluding hydrogens is 228 g/mol. The minimum atomic E-state index is -0.239. The van der Waals surface area contributed by atoms with Crippen LogP contribution < -0.4 is 10.6 Å².